The molecule has 0 spiro atoms. The molecule has 1 aliphatic rings. The first-order chi connectivity index (χ1) is 57.2. The molecule has 0 N–H and O–H groups in total. The van der Waals surface area contributed by atoms with Crippen LogP contribution in [-0.2, 0) is 67.3 Å². The molecule has 10 aromatic carbocycles. The molecule has 0 radical (unpaired) electrons. The van der Waals surface area contributed by atoms with Crippen molar-refractivity contribution >= 4 is 54.4 Å². The summed E-state index contributed by atoms with van der Waals surface area (Å²) in [6.07, 6.45) is 14.7. The maximum Gasteiger partial charge on any atom is 0.213 e. The van der Waals surface area contributed by atoms with Crippen LogP contribution in [0, 0.1) is 113 Å². The van der Waals surface area contributed by atoms with Gasteiger partial charge in [0.25, 0.3) is 0 Å². The van der Waals surface area contributed by atoms with Gasteiger partial charge in [-0.1, -0.05) is 213 Å². The molecular weight excluding hydrogens is 1450 g/mol. The maximum atomic E-state index is 2.47. The predicted octanol–water partition coefficient (Wildman–Crippen LogP) is 27.3. The van der Waals surface area contributed by atoms with Crippen molar-refractivity contribution in [2.45, 2.75) is 210 Å². The van der Waals surface area contributed by atoms with Gasteiger partial charge in [-0.05, 0) is 289 Å². The topological polar surface area (TPSA) is 19.4 Å². The van der Waals surface area contributed by atoms with E-state index in [0.717, 1.165) is 31.6 Å². The van der Waals surface area contributed by atoms with Crippen LogP contribution in [0.25, 0.3) is 111 Å². The molecule has 5 heterocycles. The zero-order chi connectivity index (χ0) is 86.3. The standard InChI is InChI=1S/C25H30N.C24H30N.C23H28N.C22H26N.C21H24N/c1-17-13-18(2)19(3)23(14-17)25-16-21(15-20-9-5-6-10-20)22-11-7-8-12-24(22)26(25)4;1-16-12-17(2)18(3)21(13-16)23-14-19(15-24(4,5)6)20-10-8-9-11-22(20)25(23)7;1-15(2)11-19-14-23(21-13-16(3)12-17(4)18(21)5)24(6)22-10-8-7-9-20(19)22;1-6-9-18-14-22(20-13-15(2)12-16(3)17(20)4)23(5)21-11-8-7-10-19(18)21;1-15(2)11-17-9-10-18-14-22(4)21(13-19(18)12-17)20-8-6-5-7-16(20)3/h7-8,11-14,16,20H,5-6,9-10,15H2,1-4H3;8-14H,15H2,1-7H3;7-10,12-15H,11H2,1-6H3;7-8,10-14H,6,9H2,1-5H3;5-10,12-15H,11H2,1-4H3/q5*+1. The molecule has 0 saturated heterocycles. The molecule has 618 valence electrons. The number of rotatable bonds is 14. The molecule has 1 saturated carbocycles. The van der Waals surface area contributed by atoms with E-state index in [1.807, 2.05) is 0 Å². The minimum Gasteiger partial charge on any atom is -0.200 e. The Bertz CT molecular complexity index is 6270. The molecule has 5 heteroatoms. The van der Waals surface area contributed by atoms with Crippen molar-refractivity contribution in [1.29, 1.82) is 0 Å². The Hall–Kier alpha value is -10.8. The van der Waals surface area contributed by atoms with Crippen LogP contribution in [0.4, 0.5) is 0 Å². The number of hydrogen-bond donors (Lipinski definition) is 0. The lowest BCUT2D eigenvalue weighted by atomic mass is 9.85. The van der Waals surface area contributed by atoms with Gasteiger partial charge in [-0.3, -0.25) is 0 Å². The van der Waals surface area contributed by atoms with Crippen LogP contribution < -0.4 is 22.8 Å². The number of hydrogen-bond acceptors (Lipinski definition) is 0. The normalized spacial score (nSPS) is 12.3. The van der Waals surface area contributed by atoms with Crippen molar-refractivity contribution in [3.63, 3.8) is 0 Å². The van der Waals surface area contributed by atoms with Gasteiger partial charge in [0, 0.05) is 109 Å². The highest BCUT2D eigenvalue weighted by Crippen LogP contribution is 2.38. The van der Waals surface area contributed by atoms with Crippen LogP contribution in [-0.4, -0.2) is 0 Å². The minimum atomic E-state index is 0.261. The lowest BCUT2D eigenvalue weighted by molar-refractivity contribution is -0.659. The average molecular weight is 1590 g/mol. The van der Waals surface area contributed by atoms with E-state index in [2.05, 4.69) is 428 Å². The summed E-state index contributed by atoms with van der Waals surface area (Å²) in [5.74, 6) is 2.20. The molecule has 120 heavy (non-hydrogen) atoms. The molecule has 15 aromatic rings. The van der Waals surface area contributed by atoms with E-state index >= 15 is 0 Å². The predicted molar refractivity (Wildman–Crippen MR) is 514 cm³/mol. The monoisotopic (exact) mass is 1590 g/mol. The van der Waals surface area contributed by atoms with Crippen LogP contribution in [0.2, 0.25) is 0 Å². The van der Waals surface area contributed by atoms with E-state index in [1.165, 1.54) is 249 Å². The second-order valence-corrected chi connectivity index (χ2v) is 37.6. The molecule has 5 aromatic heterocycles. The molecule has 1 aliphatic carbocycles. The van der Waals surface area contributed by atoms with Gasteiger partial charge in [0.15, 0.2) is 6.20 Å². The van der Waals surface area contributed by atoms with Crippen LogP contribution in [0.1, 0.15) is 188 Å². The van der Waals surface area contributed by atoms with Gasteiger partial charge in [-0.15, -0.1) is 0 Å². The van der Waals surface area contributed by atoms with Gasteiger partial charge in [0.1, 0.15) is 35.2 Å². The molecule has 0 unspecified atom stereocenters. The van der Waals surface area contributed by atoms with Gasteiger partial charge in [-0.25, -0.2) is 4.57 Å². The van der Waals surface area contributed by atoms with Crippen LogP contribution >= 0.6 is 0 Å². The number of aryl methyl sites for hydroxylation is 15. The molecule has 0 aliphatic heterocycles. The highest BCUT2D eigenvalue weighted by Gasteiger charge is 2.28. The Morgan fingerprint density at radius 1 is 0.333 bits per heavy atom. The molecule has 16 rings (SSSR count). The van der Waals surface area contributed by atoms with Gasteiger partial charge in [-0.2, -0.15) is 18.3 Å². The van der Waals surface area contributed by atoms with E-state index < -0.39 is 0 Å². The number of nitrogens with zero attached hydrogens (tertiary/aromatic N) is 5. The van der Waals surface area contributed by atoms with Crippen LogP contribution in [0.5, 0.6) is 0 Å². The van der Waals surface area contributed by atoms with E-state index in [0.29, 0.717) is 11.8 Å². The summed E-state index contributed by atoms with van der Waals surface area (Å²) in [5.41, 5.74) is 43.8. The van der Waals surface area contributed by atoms with Crippen molar-refractivity contribution in [3.8, 4) is 56.3 Å². The molecule has 0 amide bonds. The van der Waals surface area contributed by atoms with Crippen LogP contribution in [0.15, 0.2) is 225 Å². The quantitative estimate of drug-likeness (QED) is 0.0967. The smallest absolute Gasteiger partial charge is 0.200 e. The largest absolute Gasteiger partial charge is 0.213 e. The van der Waals surface area contributed by atoms with Crippen molar-refractivity contribution in [1.82, 2.24) is 0 Å². The van der Waals surface area contributed by atoms with E-state index in [4.69, 9.17) is 0 Å². The van der Waals surface area contributed by atoms with Gasteiger partial charge in [0.05, 0.1) is 0 Å². The lowest BCUT2D eigenvalue weighted by Gasteiger charge is -2.20. The zero-order valence-electron chi connectivity index (χ0n) is 77.9. The number of aromatic nitrogens is 5. The lowest BCUT2D eigenvalue weighted by Crippen LogP contribution is -2.33. The SMILES string of the molecule is CCCc1cc(-c2cc(C)cc(C)c2C)[n+](C)c2ccccc12.Cc1cc(C)c(C)c(-c2cc(CC(C)(C)C)c3ccccc3[n+]2C)c1.Cc1cc(C)c(C)c(-c2cc(CC(C)C)c3ccccc3[n+]2C)c1.Cc1cc(C)c(C)c(-c2cc(CC3CCCC3)c3ccccc3[n+]2C)c1.Cc1ccccc1-c1cc2cc(CC(C)C)ccc2c[n+]1C. The maximum absolute atomic E-state index is 2.47. The highest BCUT2D eigenvalue weighted by molar-refractivity contribution is 5.87. The van der Waals surface area contributed by atoms with E-state index in [-0.39, 0.29) is 5.41 Å². The first kappa shape index (κ1) is 88.5. The summed E-state index contributed by atoms with van der Waals surface area (Å²) >= 11 is 0. The second-order valence-electron chi connectivity index (χ2n) is 37.6. The first-order valence-corrected chi connectivity index (χ1v) is 44.6. The zero-order valence-corrected chi connectivity index (χ0v) is 77.9. The number of fused-ring (bicyclic) bond motifs is 5. The van der Waals surface area contributed by atoms with Crippen molar-refractivity contribution < 1.29 is 22.8 Å². The van der Waals surface area contributed by atoms with Crippen molar-refractivity contribution in [2.24, 2.45) is 58.4 Å². The third-order valence-electron chi connectivity index (χ3n) is 25.6. The highest BCUT2D eigenvalue weighted by atomic mass is 15.0. The second kappa shape index (κ2) is 38.3. The Balaban J connectivity index is 0.000000138. The Kier molecular flexibility index (Phi) is 28.3. The molecule has 0 atom stereocenters. The number of pyridine rings is 5. The third kappa shape index (κ3) is 20.3. The Morgan fingerprint density at radius 2 is 0.692 bits per heavy atom. The molecule has 0 bridgehead atoms. The summed E-state index contributed by atoms with van der Waals surface area (Å²) in [4.78, 5) is 0. The summed E-state index contributed by atoms with van der Waals surface area (Å²) in [6, 6.07) is 81.1. The fourth-order valence-electron chi connectivity index (χ4n) is 18.9. The van der Waals surface area contributed by atoms with Crippen molar-refractivity contribution in [2.75, 3.05) is 0 Å². The van der Waals surface area contributed by atoms with E-state index in [9.17, 15) is 0 Å². The summed E-state index contributed by atoms with van der Waals surface area (Å²) in [5, 5.41) is 8.17. The summed E-state index contributed by atoms with van der Waals surface area (Å²) < 4.78 is 11.7. The van der Waals surface area contributed by atoms with Crippen molar-refractivity contribution in [3.05, 3.63) is 325 Å². The van der Waals surface area contributed by atoms with Gasteiger partial charge >= 0.3 is 0 Å². The fraction of sp³-hybridized carbons (Fsp3) is 0.348. The van der Waals surface area contributed by atoms with E-state index in [1.54, 1.807) is 0 Å². The molecule has 5 nitrogen and oxygen atoms in total. The first-order valence-electron chi connectivity index (χ1n) is 44.6. The fourth-order valence-corrected chi connectivity index (χ4v) is 18.9. The van der Waals surface area contributed by atoms with Gasteiger partial charge in [0.2, 0.25) is 50.5 Å². The number of para-hydroxylation sites is 4. The summed E-state index contributed by atoms with van der Waals surface area (Å²) in [7, 11) is 10.9. The minimum absolute atomic E-state index is 0.261. The number of benzene rings is 10. The Morgan fingerprint density at radius 3 is 1.09 bits per heavy atom. The average Bonchev–Trinajstić information content (AvgIpc) is 0.800. The van der Waals surface area contributed by atoms with Gasteiger partial charge < -0.3 is 0 Å². The third-order valence-corrected chi connectivity index (χ3v) is 25.6. The molecule has 1 fully saturated rings. The van der Waals surface area contributed by atoms with Crippen LogP contribution in [0.3, 0.4) is 0 Å². The Labute approximate surface area is 721 Å². The molecular formula is C115H138N5+5. The summed E-state index contributed by atoms with van der Waals surface area (Å²) in [6.45, 7) is 47.1.